The molecule has 7 heteroatoms. The highest BCUT2D eigenvalue weighted by atomic mass is 32.2. The molecule has 0 bridgehead atoms. The number of benzene rings is 1. The summed E-state index contributed by atoms with van der Waals surface area (Å²) in [6.07, 6.45) is 6.38. The minimum Gasteiger partial charge on any atom is -0.349 e. The highest BCUT2D eigenvalue weighted by molar-refractivity contribution is 7.89. The third-order valence-electron chi connectivity index (χ3n) is 5.55. The minimum atomic E-state index is -3.57. The van der Waals surface area contributed by atoms with Crippen molar-refractivity contribution in [1.29, 1.82) is 0 Å². The molecule has 0 radical (unpaired) electrons. The number of carbonyl (C=O) groups excluding carboxylic acids is 1. The second-order valence-corrected chi connectivity index (χ2v) is 9.46. The normalized spacial score (nSPS) is 27.8. The fraction of sp³-hybridized carbons (Fsp3) is 0.632. The zero-order valence-electron chi connectivity index (χ0n) is 15.4. The van der Waals surface area contributed by atoms with E-state index < -0.39 is 10.0 Å². The maximum atomic E-state index is 13.0. The highest BCUT2D eigenvalue weighted by Gasteiger charge is 2.31. The number of sulfonamides is 1. The molecule has 1 aliphatic carbocycles. The number of piperidine rings is 1. The predicted octanol–water partition coefficient (Wildman–Crippen LogP) is 2.25. The molecule has 1 saturated heterocycles. The molecule has 1 aromatic rings. The number of carbonyl (C=O) groups is 1. The fourth-order valence-corrected chi connectivity index (χ4v) is 5.64. The van der Waals surface area contributed by atoms with Gasteiger partial charge in [-0.3, -0.25) is 4.79 Å². The summed E-state index contributed by atoms with van der Waals surface area (Å²) in [5.41, 5.74) is 6.30. The van der Waals surface area contributed by atoms with E-state index in [2.05, 4.69) is 5.32 Å². The van der Waals surface area contributed by atoms with E-state index in [0.717, 1.165) is 44.9 Å². The Labute approximate surface area is 156 Å². The van der Waals surface area contributed by atoms with E-state index >= 15 is 0 Å². The molecule has 1 amide bonds. The van der Waals surface area contributed by atoms with Crippen LogP contribution in [0.4, 0.5) is 0 Å². The van der Waals surface area contributed by atoms with Gasteiger partial charge in [0.25, 0.3) is 5.91 Å². The minimum absolute atomic E-state index is 0.00215. The SMILES string of the molecule is CC1CCCCN1S(=O)(=O)c1cccc(C(=O)NC2CCC(N)CC2)c1. The van der Waals surface area contributed by atoms with Crippen LogP contribution >= 0.6 is 0 Å². The molecule has 1 aliphatic heterocycles. The lowest BCUT2D eigenvalue weighted by Crippen LogP contribution is -2.42. The molecule has 0 aromatic heterocycles. The van der Waals surface area contributed by atoms with Crippen molar-refractivity contribution in [2.75, 3.05) is 6.54 Å². The Morgan fingerprint density at radius 2 is 1.88 bits per heavy atom. The topological polar surface area (TPSA) is 92.5 Å². The van der Waals surface area contributed by atoms with E-state index in [1.165, 1.54) is 6.07 Å². The molecule has 26 heavy (non-hydrogen) atoms. The van der Waals surface area contributed by atoms with Crippen molar-refractivity contribution in [2.24, 2.45) is 5.73 Å². The van der Waals surface area contributed by atoms with Gasteiger partial charge in [0.2, 0.25) is 10.0 Å². The molecule has 0 spiro atoms. The average molecular weight is 380 g/mol. The summed E-state index contributed by atoms with van der Waals surface area (Å²) in [7, 11) is -3.57. The van der Waals surface area contributed by atoms with Crippen molar-refractivity contribution in [3.8, 4) is 0 Å². The molecule has 3 rings (SSSR count). The van der Waals surface area contributed by atoms with Gasteiger partial charge in [0.1, 0.15) is 0 Å². The Morgan fingerprint density at radius 3 is 2.58 bits per heavy atom. The Balaban J connectivity index is 1.74. The van der Waals surface area contributed by atoms with E-state index in [1.807, 2.05) is 6.92 Å². The second kappa shape index (κ2) is 8.06. The number of hydrogen-bond acceptors (Lipinski definition) is 4. The standard InChI is InChI=1S/C19H29N3O3S/c1-14-5-2-3-12-22(14)26(24,25)18-7-4-6-15(13-18)19(23)21-17-10-8-16(20)9-11-17/h4,6-7,13-14,16-17H,2-3,5,8-12,20H2,1H3,(H,21,23). The predicted molar refractivity (Wildman–Crippen MR) is 101 cm³/mol. The second-order valence-electron chi connectivity index (χ2n) is 7.57. The van der Waals surface area contributed by atoms with Gasteiger partial charge in [0, 0.05) is 30.2 Å². The summed E-state index contributed by atoms with van der Waals surface area (Å²) in [6, 6.07) is 6.73. The number of hydrogen-bond donors (Lipinski definition) is 2. The first-order valence-electron chi connectivity index (χ1n) is 9.56. The molecule has 1 atom stereocenters. The van der Waals surface area contributed by atoms with Crippen LogP contribution in [0.3, 0.4) is 0 Å². The maximum absolute atomic E-state index is 13.0. The van der Waals surface area contributed by atoms with Crippen molar-refractivity contribution in [1.82, 2.24) is 9.62 Å². The zero-order chi connectivity index (χ0) is 18.7. The summed E-state index contributed by atoms with van der Waals surface area (Å²) in [6.45, 7) is 2.49. The Morgan fingerprint density at radius 1 is 1.15 bits per heavy atom. The third kappa shape index (κ3) is 4.27. The lowest BCUT2D eigenvalue weighted by Gasteiger charge is -2.32. The Bertz CT molecular complexity index is 742. The van der Waals surface area contributed by atoms with Crippen molar-refractivity contribution in [2.45, 2.75) is 74.9 Å². The first kappa shape index (κ1) is 19.3. The molecular formula is C19H29N3O3S. The van der Waals surface area contributed by atoms with Crippen molar-refractivity contribution in [3.05, 3.63) is 29.8 Å². The Hall–Kier alpha value is -1.44. The van der Waals surface area contributed by atoms with E-state index in [9.17, 15) is 13.2 Å². The van der Waals surface area contributed by atoms with E-state index in [1.54, 1.807) is 22.5 Å². The van der Waals surface area contributed by atoms with Crippen LogP contribution in [-0.2, 0) is 10.0 Å². The van der Waals surface area contributed by atoms with E-state index in [4.69, 9.17) is 5.73 Å². The molecule has 3 N–H and O–H groups in total. The van der Waals surface area contributed by atoms with Crippen LogP contribution in [0.5, 0.6) is 0 Å². The fourth-order valence-electron chi connectivity index (χ4n) is 3.89. The summed E-state index contributed by atoms with van der Waals surface area (Å²) < 4.78 is 27.5. The summed E-state index contributed by atoms with van der Waals surface area (Å²) in [4.78, 5) is 12.8. The molecule has 1 unspecified atom stereocenters. The molecule has 1 heterocycles. The smallest absolute Gasteiger partial charge is 0.251 e. The van der Waals surface area contributed by atoms with Crippen LogP contribution in [0.2, 0.25) is 0 Å². The molecule has 1 saturated carbocycles. The number of nitrogens with one attached hydrogen (secondary N) is 1. The van der Waals surface area contributed by atoms with Crippen LogP contribution in [0.1, 0.15) is 62.2 Å². The van der Waals surface area contributed by atoms with Crippen molar-refractivity contribution < 1.29 is 13.2 Å². The highest BCUT2D eigenvalue weighted by Crippen LogP contribution is 2.25. The van der Waals surface area contributed by atoms with Crippen LogP contribution < -0.4 is 11.1 Å². The lowest BCUT2D eigenvalue weighted by molar-refractivity contribution is 0.0925. The number of nitrogens with two attached hydrogens (primary N) is 1. The molecule has 2 fully saturated rings. The number of amides is 1. The molecule has 144 valence electrons. The summed E-state index contributed by atoms with van der Waals surface area (Å²) >= 11 is 0. The van der Waals surface area contributed by atoms with Crippen LogP contribution in [0, 0.1) is 0 Å². The van der Waals surface area contributed by atoms with Gasteiger partial charge >= 0.3 is 0 Å². The average Bonchev–Trinajstić information content (AvgIpc) is 2.64. The first-order valence-corrected chi connectivity index (χ1v) is 11.0. The van der Waals surface area contributed by atoms with Crippen molar-refractivity contribution >= 4 is 15.9 Å². The lowest BCUT2D eigenvalue weighted by atomic mass is 9.91. The monoisotopic (exact) mass is 379 g/mol. The summed E-state index contributed by atoms with van der Waals surface area (Å²) in [5, 5.41) is 3.02. The van der Waals surface area contributed by atoms with E-state index in [-0.39, 0.29) is 28.9 Å². The molecule has 1 aromatic carbocycles. The summed E-state index contributed by atoms with van der Waals surface area (Å²) in [5.74, 6) is -0.214. The first-order chi connectivity index (χ1) is 12.4. The molecule has 6 nitrogen and oxygen atoms in total. The Kier molecular flexibility index (Phi) is 5.99. The van der Waals surface area contributed by atoms with E-state index in [0.29, 0.717) is 12.1 Å². The van der Waals surface area contributed by atoms with Crippen LogP contribution in [-0.4, -0.2) is 43.3 Å². The van der Waals surface area contributed by atoms with Gasteiger partial charge < -0.3 is 11.1 Å². The zero-order valence-corrected chi connectivity index (χ0v) is 16.2. The van der Waals surface area contributed by atoms with Gasteiger partial charge in [-0.2, -0.15) is 4.31 Å². The van der Waals surface area contributed by atoms with Crippen molar-refractivity contribution in [3.63, 3.8) is 0 Å². The molecule has 2 aliphatic rings. The van der Waals surface area contributed by atoms with Gasteiger partial charge in [0.15, 0.2) is 0 Å². The van der Waals surface area contributed by atoms with Gasteiger partial charge in [0.05, 0.1) is 4.90 Å². The van der Waals surface area contributed by atoms with Crippen LogP contribution in [0.25, 0.3) is 0 Å². The quantitative estimate of drug-likeness (QED) is 0.839. The number of nitrogens with zero attached hydrogens (tertiary/aromatic N) is 1. The van der Waals surface area contributed by atoms with Gasteiger partial charge in [-0.25, -0.2) is 8.42 Å². The molecular weight excluding hydrogens is 350 g/mol. The van der Waals surface area contributed by atoms with Gasteiger partial charge in [-0.1, -0.05) is 12.5 Å². The largest absolute Gasteiger partial charge is 0.349 e. The van der Waals surface area contributed by atoms with Gasteiger partial charge in [-0.05, 0) is 63.6 Å². The van der Waals surface area contributed by atoms with Gasteiger partial charge in [-0.15, -0.1) is 0 Å². The number of rotatable bonds is 4. The third-order valence-corrected chi connectivity index (χ3v) is 7.56. The maximum Gasteiger partial charge on any atom is 0.251 e. The van der Waals surface area contributed by atoms with Crippen LogP contribution in [0.15, 0.2) is 29.2 Å².